The van der Waals surface area contributed by atoms with Crippen LogP contribution in [0.25, 0.3) is 0 Å². The molecule has 0 spiro atoms. The number of rotatable bonds is 10. The number of carboxylic acid groups (broad SMARTS) is 1. The minimum Gasteiger partial charge on any atom is -0.619 e. The summed E-state index contributed by atoms with van der Waals surface area (Å²) in [5, 5.41) is 20.8. The van der Waals surface area contributed by atoms with Crippen LogP contribution in [0.3, 0.4) is 0 Å². The van der Waals surface area contributed by atoms with Gasteiger partial charge in [0.25, 0.3) is 5.56 Å². The lowest BCUT2D eigenvalue weighted by molar-refractivity contribution is -0.605. The Morgan fingerprint density at radius 3 is 2.59 bits per heavy atom. The lowest BCUT2D eigenvalue weighted by Gasteiger charge is -2.32. The van der Waals surface area contributed by atoms with Crippen LogP contribution in [0.4, 0.5) is 0 Å². The molecule has 34 heavy (non-hydrogen) atoms. The number of pyridine rings is 1. The summed E-state index contributed by atoms with van der Waals surface area (Å²) in [6.45, 7) is 3.20. The Bertz CT molecular complexity index is 1190. The second-order valence-corrected chi connectivity index (χ2v) is 8.73. The first-order valence-electron chi connectivity index (χ1n) is 11.8. The summed E-state index contributed by atoms with van der Waals surface area (Å²) in [5.41, 5.74) is 3.59. The molecule has 0 aliphatic heterocycles. The van der Waals surface area contributed by atoms with Gasteiger partial charge in [0.2, 0.25) is 0 Å². The zero-order valence-corrected chi connectivity index (χ0v) is 19.4. The maximum absolute atomic E-state index is 13.6. The molecule has 1 unspecified atom stereocenters. The molecule has 8 nitrogen and oxygen atoms in total. The summed E-state index contributed by atoms with van der Waals surface area (Å²) in [7, 11) is 0. The number of benzene rings is 1. The van der Waals surface area contributed by atoms with Gasteiger partial charge in [-0.1, -0.05) is 37.3 Å². The molecule has 1 aromatic carbocycles. The van der Waals surface area contributed by atoms with Crippen LogP contribution in [0.1, 0.15) is 60.4 Å². The molecule has 4 rings (SSSR count). The van der Waals surface area contributed by atoms with Crippen LogP contribution in [-0.2, 0) is 30.7 Å². The topological polar surface area (TPSA) is 102 Å². The van der Waals surface area contributed by atoms with Gasteiger partial charge < -0.3 is 10.3 Å². The van der Waals surface area contributed by atoms with Crippen molar-refractivity contribution in [3.05, 3.63) is 98.6 Å². The molecule has 0 bridgehead atoms. The predicted molar refractivity (Wildman–Crippen MR) is 127 cm³/mol. The molecule has 1 N–H and O–H groups in total. The summed E-state index contributed by atoms with van der Waals surface area (Å²) < 4.78 is 2.50. The third-order valence-corrected chi connectivity index (χ3v) is 6.40. The van der Waals surface area contributed by atoms with Gasteiger partial charge in [-0.2, -0.15) is 4.73 Å². The van der Waals surface area contributed by atoms with Crippen LogP contribution in [0, 0.1) is 5.21 Å². The third kappa shape index (κ3) is 5.34. The average molecular weight is 463 g/mol. The van der Waals surface area contributed by atoms with Crippen LogP contribution in [0.15, 0.2) is 59.7 Å². The summed E-state index contributed by atoms with van der Waals surface area (Å²) in [4.78, 5) is 32.0. The summed E-state index contributed by atoms with van der Waals surface area (Å²) in [5.74, 6) is -0.203. The molecule has 178 valence electrons. The molecular weight excluding hydrogens is 432 g/mol. The first-order valence-corrected chi connectivity index (χ1v) is 11.8. The van der Waals surface area contributed by atoms with Crippen molar-refractivity contribution in [3.63, 3.8) is 0 Å². The Morgan fingerprint density at radius 1 is 1.18 bits per heavy atom. The van der Waals surface area contributed by atoms with Crippen molar-refractivity contribution >= 4 is 5.97 Å². The van der Waals surface area contributed by atoms with E-state index in [1.54, 1.807) is 16.7 Å². The molecule has 1 aliphatic rings. The van der Waals surface area contributed by atoms with E-state index in [4.69, 9.17) is 4.98 Å². The first-order chi connectivity index (χ1) is 16.5. The van der Waals surface area contributed by atoms with Crippen LogP contribution < -0.4 is 10.3 Å². The number of hydrogen-bond acceptors (Lipinski definition) is 5. The number of aromatic nitrogens is 3. The summed E-state index contributed by atoms with van der Waals surface area (Å²) in [6.07, 6.45) is 5.96. The molecule has 1 aliphatic carbocycles. The molecule has 0 radical (unpaired) electrons. The molecule has 0 saturated heterocycles. The van der Waals surface area contributed by atoms with Gasteiger partial charge in [-0.15, -0.1) is 0 Å². The highest BCUT2D eigenvalue weighted by Gasteiger charge is 2.28. The van der Waals surface area contributed by atoms with Gasteiger partial charge in [-0.25, -0.2) is 4.98 Å². The van der Waals surface area contributed by atoms with E-state index in [0.717, 1.165) is 46.4 Å². The monoisotopic (exact) mass is 462 g/mol. The van der Waals surface area contributed by atoms with E-state index in [-0.39, 0.29) is 18.0 Å². The Labute approximate surface area is 198 Å². The zero-order chi connectivity index (χ0) is 24.1. The van der Waals surface area contributed by atoms with Gasteiger partial charge in [-0.3, -0.25) is 19.1 Å². The van der Waals surface area contributed by atoms with Crippen LogP contribution >= 0.6 is 0 Å². The molecule has 8 heteroatoms. The van der Waals surface area contributed by atoms with Crippen molar-refractivity contribution in [3.8, 4) is 0 Å². The Morgan fingerprint density at radius 2 is 1.91 bits per heavy atom. The van der Waals surface area contributed by atoms with Crippen molar-refractivity contribution in [2.75, 3.05) is 6.54 Å². The fourth-order valence-electron chi connectivity index (χ4n) is 4.69. The summed E-state index contributed by atoms with van der Waals surface area (Å²) >= 11 is 0. The second-order valence-electron chi connectivity index (χ2n) is 8.73. The largest absolute Gasteiger partial charge is 0.619 e. The molecular formula is C26H30N4O4. The Hall–Kier alpha value is -3.52. The van der Waals surface area contributed by atoms with Gasteiger partial charge in [-0.05, 0) is 36.8 Å². The molecule has 1 atom stereocenters. The highest BCUT2D eigenvalue weighted by Crippen LogP contribution is 2.27. The fourth-order valence-corrected chi connectivity index (χ4v) is 4.69. The van der Waals surface area contributed by atoms with Crippen molar-refractivity contribution in [1.82, 2.24) is 14.5 Å². The van der Waals surface area contributed by atoms with Crippen LogP contribution in [-0.4, -0.2) is 32.1 Å². The van der Waals surface area contributed by atoms with Crippen molar-refractivity contribution < 1.29 is 14.6 Å². The number of hydrogen-bond donors (Lipinski definition) is 1. The van der Waals surface area contributed by atoms with Gasteiger partial charge in [0.05, 0.1) is 24.7 Å². The van der Waals surface area contributed by atoms with E-state index >= 15 is 0 Å². The SMILES string of the molecule is CCC(c1nc2c(c(=O)n1Cc1ccccc1)CCC2)N(CCC(=O)O)Cc1cc[n+]([O-])cc1. The molecule has 0 amide bonds. The quantitative estimate of drug-likeness (QED) is 0.367. The van der Waals surface area contributed by atoms with Gasteiger partial charge >= 0.3 is 5.97 Å². The van der Waals surface area contributed by atoms with Crippen molar-refractivity contribution in [1.29, 1.82) is 0 Å². The number of aryl methyl sites for hydroxylation is 1. The number of carbonyl (C=O) groups is 1. The lowest BCUT2D eigenvalue weighted by atomic mass is 10.1. The molecule has 2 heterocycles. The van der Waals surface area contributed by atoms with Crippen molar-refractivity contribution in [2.24, 2.45) is 0 Å². The van der Waals surface area contributed by atoms with E-state index in [9.17, 15) is 19.9 Å². The standard InChI is InChI=1S/C26H30N4O4/c1-2-23(28(14-13-24(31)32)17-20-11-15-29(34)16-12-20)25-27-22-10-6-9-21(22)26(33)30(25)18-19-7-4-3-5-8-19/h3-5,7-8,11-12,15-16,23H,2,6,9-10,13-14,17-18H2,1H3,(H,31,32). The average Bonchev–Trinajstić information content (AvgIpc) is 3.31. The summed E-state index contributed by atoms with van der Waals surface area (Å²) in [6, 6.07) is 13.1. The number of aliphatic carboxylic acids is 1. The fraction of sp³-hybridized carbons (Fsp3) is 0.385. The van der Waals surface area contributed by atoms with E-state index in [1.807, 2.05) is 37.3 Å². The smallest absolute Gasteiger partial charge is 0.304 e. The van der Waals surface area contributed by atoms with E-state index in [0.29, 0.717) is 31.9 Å². The molecule has 3 aromatic rings. The zero-order valence-electron chi connectivity index (χ0n) is 19.4. The normalized spacial score (nSPS) is 13.7. The van der Waals surface area contributed by atoms with E-state index in [2.05, 4.69) is 4.90 Å². The maximum atomic E-state index is 13.6. The maximum Gasteiger partial charge on any atom is 0.304 e. The molecule has 2 aromatic heterocycles. The minimum absolute atomic E-state index is 0.00472. The Kier molecular flexibility index (Phi) is 7.37. The number of carboxylic acids is 1. The van der Waals surface area contributed by atoms with Gasteiger partial charge in [0.1, 0.15) is 5.82 Å². The third-order valence-electron chi connectivity index (χ3n) is 6.40. The Balaban J connectivity index is 1.77. The highest BCUT2D eigenvalue weighted by atomic mass is 16.5. The van der Waals surface area contributed by atoms with Gasteiger partial charge in [0, 0.05) is 30.8 Å². The second kappa shape index (κ2) is 10.6. The van der Waals surface area contributed by atoms with E-state index < -0.39 is 5.97 Å². The number of fused-ring (bicyclic) bond motifs is 1. The van der Waals surface area contributed by atoms with Crippen LogP contribution in [0.5, 0.6) is 0 Å². The highest BCUT2D eigenvalue weighted by molar-refractivity contribution is 5.66. The first kappa shape index (κ1) is 23.6. The van der Waals surface area contributed by atoms with Gasteiger partial charge in [0.15, 0.2) is 12.4 Å². The minimum atomic E-state index is -0.881. The van der Waals surface area contributed by atoms with Crippen molar-refractivity contribution in [2.45, 2.75) is 58.2 Å². The lowest BCUT2D eigenvalue weighted by Crippen LogP contribution is -2.37. The molecule has 0 saturated carbocycles. The number of nitrogens with zero attached hydrogens (tertiary/aromatic N) is 4. The molecule has 0 fully saturated rings. The van der Waals surface area contributed by atoms with E-state index in [1.165, 1.54) is 12.4 Å². The predicted octanol–water partition coefficient (Wildman–Crippen LogP) is 2.84. The van der Waals surface area contributed by atoms with Crippen LogP contribution in [0.2, 0.25) is 0 Å².